The van der Waals surface area contributed by atoms with Gasteiger partial charge < -0.3 is 20.3 Å². The van der Waals surface area contributed by atoms with Crippen molar-refractivity contribution in [3.8, 4) is 5.75 Å². The number of para-hydroxylation sites is 1. The fraction of sp³-hybridized carbons (Fsp3) is 0.345. The molecular formula is C29H31N5O5. The molecule has 0 bridgehead atoms. The van der Waals surface area contributed by atoms with Crippen molar-refractivity contribution in [2.75, 3.05) is 13.1 Å². The highest BCUT2D eigenvalue weighted by Crippen LogP contribution is 2.27. The van der Waals surface area contributed by atoms with Crippen molar-refractivity contribution >= 4 is 34.7 Å². The summed E-state index contributed by atoms with van der Waals surface area (Å²) in [6, 6.07) is 15.1. The number of nitrogens with zero attached hydrogens (tertiary/aromatic N) is 2. The van der Waals surface area contributed by atoms with Crippen molar-refractivity contribution in [2.45, 2.75) is 45.4 Å². The topological polar surface area (TPSA) is 130 Å². The van der Waals surface area contributed by atoms with E-state index in [0.29, 0.717) is 24.3 Å². The smallest absolute Gasteiger partial charge is 0.322 e. The SMILES string of the molecule is Cc1cc(COc2ccc(C(=O)N[C@@H]3CN(C(=O)CC(C)C)C[C@]34NC(=O)NC4=O)cc2)c2ccccc2n1. The van der Waals surface area contributed by atoms with Gasteiger partial charge in [0.05, 0.1) is 18.1 Å². The first-order valence-electron chi connectivity index (χ1n) is 12.9. The van der Waals surface area contributed by atoms with E-state index in [4.69, 9.17) is 4.74 Å². The summed E-state index contributed by atoms with van der Waals surface area (Å²) in [5.74, 6) is -0.380. The van der Waals surface area contributed by atoms with E-state index in [0.717, 1.165) is 22.2 Å². The third-order valence-corrected chi connectivity index (χ3v) is 7.09. The molecule has 0 saturated carbocycles. The number of fused-ring (bicyclic) bond motifs is 1. The summed E-state index contributed by atoms with van der Waals surface area (Å²) in [5, 5.41) is 8.78. The van der Waals surface area contributed by atoms with E-state index >= 15 is 0 Å². The van der Waals surface area contributed by atoms with E-state index in [1.165, 1.54) is 4.90 Å². The zero-order chi connectivity index (χ0) is 27.7. The molecule has 3 N–H and O–H groups in total. The summed E-state index contributed by atoms with van der Waals surface area (Å²) in [6.45, 7) is 6.26. The minimum Gasteiger partial charge on any atom is -0.489 e. The Kier molecular flexibility index (Phi) is 6.94. The van der Waals surface area contributed by atoms with Gasteiger partial charge in [0.15, 0.2) is 5.54 Å². The van der Waals surface area contributed by atoms with Gasteiger partial charge in [-0.05, 0) is 49.2 Å². The molecule has 2 saturated heterocycles. The number of aromatic nitrogens is 1. The van der Waals surface area contributed by atoms with E-state index in [1.807, 2.05) is 51.1 Å². The molecule has 10 nitrogen and oxygen atoms in total. The first kappa shape index (κ1) is 26.1. The van der Waals surface area contributed by atoms with E-state index in [-0.39, 0.29) is 24.9 Å². The van der Waals surface area contributed by atoms with Gasteiger partial charge in [0.1, 0.15) is 12.4 Å². The monoisotopic (exact) mass is 529 g/mol. The average Bonchev–Trinajstić information content (AvgIpc) is 3.40. The van der Waals surface area contributed by atoms with Crippen LogP contribution in [0, 0.1) is 12.8 Å². The van der Waals surface area contributed by atoms with Crippen molar-refractivity contribution in [3.63, 3.8) is 0 Å². The van der Waals surface area contributed by atoms with E-state index in [1.54, 1.807) is 24.3 Å². The Bertz CT molecular complexity index is 1450. The summed E-state index contributed by atoms with van der Waals surface area (Å²) < 4.78 is 5.99. The van der Waals surface area contributed by atoms with Crippen LogP contribution in [0.25, 0.3) is 10.9 Å². The Hall–Kier alpha value is -4.47. The summed E-state index contributed by atoms with van der Waals surface area (Å²) in [5.41, 5.74) is 1.78. The fourth-order valence-electron chi connectivity index (χ4n) is 5.17. The van der Waals surface area contributed by atoms with Gasteiger partial charge in [0.2, 0.25) is 5.91 Å². The van der Waals surface area contributed by atoms with Gasteiger partial charge in [-0.15, -0.1) is 0 Å². The number of ether oxygens (including phenoxy) is 1. The molecular weight excluding hydrogens is 498 g/mol. The number of benzene rings is 2. The Morgan fingerprint density at radius 3 is 2.59 bits per heavy atom. The third kappa shape index (κ3) is 5.27. The van der Waals surface area contributed by atoms with Crippen LogP contribution in [0.1, 0.15) is 41.9 Å². The van der Waals surface area contributed by atoms with Crippen LogP contribution in [-0.2, 0) is 16.2 Å². The second kappa shape index (κ2) is 10.4. The van der Waals surface area contributed by atoms with Crippen LogP contribution in [0.4, 0.5) is 4.79 Å². The fourth-order valence-corrected chi connectivity index (χ4v) is 5.17. The number of likely N-dealkylation sites (tertiary alicyclic amines) is 1. The number of rotatable bonds is 7. The first-order valence-corrected chi connectivity index (χ1v) is 12.9. The molecule has 2 fully saturated rings. The minimum absolute atomic E-state index is 0.00296. The minimum atomic E-state index is -1.41. The number of nitrogens with one attached hydrogen (secondary N) is 3. The van der Waals surface area contributed by atoms with Gasteiger partial charge in [-0.1, -0.05) is 32.0 Å². The van der Waals surface area contributed by atoms with Crippen molar-refractivity contribution < 1.29 is 23.9 Å². The molecule has 5 amide bonds. The number of hydrogen-bond acceptors (Lipinski definition) is 6. The van der Waals surface area contributed by atoms with Crippen LogP contribution >= 0.6 is 0 Å². The van der Waals surface area contributed by atoms with Crippen LogP contribution in [0.2, 0.25) is 0 Å². The predicted molar refractivity (Wildman–Crippen MR) is 144 cm³/mol. The number of amides is 5. The summed E-state index contributed by atoms with van der Waals surface area (Å²) in [4.78, 5) is 56.7. The van der Waals surface area contributed by atoms with Crippen LogP contribution < -0.4 is 20.7 Å². The number of urea groups is 1. The second-order valence-electron chi connectivity index (χ2n) is 10.5. The van der Waals surface area contributed by atoms with Crippen molar-refractivity contribution in [2.24, 2.45) is 5.92 Å². The van der Waals surface area contributed by atoms with Gasteiger partial charge in [-0.25, -0.2) is 4.79 Å². The maximum atomic E-state index is 13.2. The maximum absolute atomic E-state index is 13.2. The van der Waals surface area contributed by atoms with E-state index in [2.05, 4.69) is 20.9 Å². The van der Waals surface area contributed by atoms with Crippen molar-refractivity contribution in [1.29, 1.82) is 0 Å². The first-order chi connectivity index (χ1) is 18.6. The predicted octanol–water partition coefficient (Wildman–Crippen LogP) is 2.69. The lowest BCUT2D eigenvalue weighted by molar-refractivity contribution is -0.131. The van der Waals surface area contributed by atoms with Crippen LogP contribution in [0.15, 0.2) is 54.6 Å². The summed E-state index contributed by atoms with van der Waals surface area (Å²) in [7, 11) is 0. The standard InChI is InChI=1S/C29H31N5O5/c1-17(2)12-25(35)34-14-24(29(16-34)27(37)32-28(38)33-29)31-26(36)19-8-10-21(11-9-19)39-15-20-13-18(3)30-23-7-5-4-6-22(20)23/h4-11,13,17,24H,12,14-16H2,1-3H3,(H,31,36)(H2,32,33,37,38)/t24-,29+/m1/s1. The molecule has 2 aromatic carbocycles. The zero-order valence-corrected chi connectivity index (χ0v) is 22.1. The number of carbonyl (C=O) groups is 4. The molecule has 0 unspecified atom stereocenters. The molecule has 202 valence electrons. The van der Waals surface area contributed by atoms with Gasteiger partial charge in [0, 0.05) is 35.2 Å². The van der Waals surface area contributed by atoms with Crippen LogP contribution in [0.5, 0.6) is 5.75 Å². The van der Waals surface area contributed by atoms with Gasteiger partial charge in [-0.2, -0.15) is 0 Å². The highest BCUT2D eigenvalue weighted by Gasteiger charge is 2.58. The van der Waals surface area contributed by atoms with Crippen molar-refractivity contribution in [1.82, 2.24) is 25.8 Å². The number of pyridine rings is 1. The molecule has 0 radical (unpaired) electrons. The lowest BCUT2D eigenvalue weighted by Gasteiger charge is -2.27. The average molecular weight is 530 g/mol. The lowest BCUT2D eigenvalue weighted by Crippen LogP contribution is -2.62. The Morgan fingerprint density at radius 2 is 1.90 bits per heavy atom. The molecule has 3 aromatic rings. The number of hydrogen-bond donors (Lipinski definition) is 3. The number of imide groups is 1. The largest absolute Gasteiger partial charge is 0.489 e. The third-order valence-electron chi connectivity index (χ3n) is 7.09. The van der Waals surface area contributed by atoms with E-state index < -0.39 is 29.4 Å². The van der Waals surface area contributed by atoms with Crippen molar-refractivity contribution in [3.05, 3.63) is 71.4 Å². The number of aryl methyl sites for hydroxylation is 1. The molecule has 2 aliphatic rings. The Balaban J connectivity index is 1.27. The van der Waals surface area contributed by atoms with Gasteiger partial charge in [-0.3, -0.25) is 24.7 Å². The van der Waals surface area contributed by atoms with Gasteiger partial charge >= 0.3 is 6.03 Å². The molecule has 2 aliphatic heterocycles. The molecule has 10 heteroatoms. The Labute approximate surface area is 226 Å². The van der Waals surface area contributed by atoms with Gasteiger partial charge in [0.25, 0.3) is 11.8 Å². The molecule has 2 atom stereocenters. The Morgan fingerprint density at radius 1 is 1.15 bits per heavy atom. The highest BCUT2D eigenvalue weighted by atomic mass is 16.5. The molecule has 0 aliphatic carbocycles. The van der Waals surface area contributed by atoms with Crippen LogP contribution in [-0.4, -0.2) is 58.3 Å². The second-order valence-corrected chi connectivity index (χ2v) is 10.5. The summed E-state index contributed by atoms with van der Waals surface area (Å²) >= 11 is 0. The molecule has 1 spiro atoms. The molecule has 1 aromatic heterocycles. The zero-order valence-electron chi connectivity index (χ0n) is 22.1. The van der Waals surface area contributed by atoms with Crippen LogP contribution in [0.3, 0.4) is 0 Å². The lowest BCUT2D eigenvalue weighted by atomic mass is 9.93. The number of carbonyl (C=O) groups excluding carboxylic acids is 4. The van der Waals surface area contributed by atoms with E-state index in [9.17, 15) is 19.2 Å². The quantitative estimate of drug-likeness (QED) is 0.404. The summed E-state index contributed by atoms with van der Waals surface area (Å²) in [6.07, 6.45) is 0.308. The molecule has 5 rings (SSSR count). The molecule has 39 heavy (non-hydrogen) atoms. The molecule has 3 heterocycles. The maximum Gasteiger partial charge on any atom is 0.322 e. The normalized spacial score (nSPS) is 20.4. The highest BCUT2D eigenvalue weighted by molar-refractivity contribution is 6.09.